The summed E-state index contributed by atoms with van der Waals surface area (Å²) < 4.78 is 51.2. The van der Waals surface area contributed by atoms with Gasteiger partial charge in [0.2, 0.25) is 0 Å². The van der Waals surface area contributed by atoms with Gasteiger partial charge in [-0.3, -0.25) is 0 Å². The number of rotatable bonds is 1. The van der Waals surface area contributed by atoms with Crippen molar-refractivity contribution >= 4 is 11.6 Å². The highest BCUT2D eigenvalue weighted by molar-refractivity contribution is 6.30. The average Bonchev–Trinajstić information content (AvgIpc) is 2.29. The molecule has 7 heteroatoms. The Morgan fingerprint density at radius 1 is 1.06 bits per heavy atom. The van der Waals surface area contributed by atoms with Crippen LogP contribution in [0.1, 0.15) is 5.56 Å². The maximum atomic E-state index is 13.4. The zero-order chi connectivity index (χ0) is 13.3. The number of alkyl halides is 3. The molecule has 2 nitrogen and oxygen atoms in total. The minimum Gasteiger partial charge on any atom is -0.206 e. The Labute approximate surface area is 104 Å². The normalized spacial score (nSPS) is 11.6. The van der Waals surface area contributed by atoms with Gasteiger partial charge in [-0.2, -0.15) is 13.2 Å². The lowest BCUT2D eigenvalue weighted by atomic mass is 10.1. The van der Waals surface area contributed by atoms with Crippen molar-refractivity contribution in [3.63, 3.8) is 0 Å². The summed E-state index contributed by atoms with van der Waals surface area (Å²) >= 11 is 5.32. The lowest BCUT2D eigenvalue weighted by Crippen LogP contribution is -2.08. The van der Waals surface area contributed by atoms with E-state index in [-0.39, 0.29) is 11.3 Å². The molecule has 0 radical (unpaired) electrons. The van der Waals surface area contributed by atoms with E-state index in [1.54, 1.807) is 0 Å². The van der Waals surface area contributed by atoms with Crippen LogP contribution < -0.4 is 0 Å². The molecule has 0 bridgehead atoms. The minimum atomic E-state index is -4.66. The molecular weight excluding hydrogens is 272 g/mol. The van der Waals surface area contributed by atoms with Crippen LogP contribution in [0.2, 0.25) is 5.15 Å². The third kappa shape index (κ3) is 2.43. The van der Waals surface area contributed by atoms with E-state index in [1.165, 1.54) is 18.2 Å². The molecule has 2 rings (SSSR count). The third-order valence-electron chi connectivity index (χ3n) is 2.20. The largest absolute Gasteiger partial charge is 0.419 e. The molecule has 94 valence electrons. The monoisotopic (exact) mass is 276 g/mol. The van der Waals surface area contributed by atoms with Crippen molar-refractivity contribution < 1.29 is 17.6 Å². The van der Waals surface area contributed by atoms with Crippen LogP contribution in [0.25, 0.3) is 11.3 Å². The summed E-state index contributed by atoms with van der Waals surface area (Å²) in [6.45, 7) is 0. The molecule has 0 saturated heterocycles. The van der Waals surface area contributed by atoms with E-state index in [4.69, 9.17) is 11.6 Å². The third-order valence-corrected chi connectivity index (χ3v) is 2.48. The first-order valence-electron chi connectivity index (χ1n) is 4.75. The Morgan fingerprint density at radius 2 is 1.72 bits per heavy atom. The van der Waals surface area contributed by atoms with E-state index in [2.05, 4.69) is 10.2 Å². The van der Waals surface area contributed by atoms with E-state index in [0.717, 1.165) is 6.07 Å². The average molecular weight is 277 g/mol. The second kappa shape index (κ2) is 4.53. The number of hydrogen-bond donors (Lipinski definition) is 0. The zero-order valence-corrected chi connectivity index (χ0v) is 9.43. The minimum absolute atomic E-state index is 0.0628. The standard InChI is InChI=1S/C11H5ClF4N2/c12-10-7(11(14,15)16)5-9(17-18-10)6-3-1-2-4-8(6)13/h1-5H. The van der Waals surface area contributed by atoms with Crippen LogP contribution in [0.5, 0.6) is 0 Å². The molecule has 0 unspecified atom stereocenters. The van der Waals surface area contributed by atoms with E-state index in [0.29, 0.717) is 6.07 Å². The van der Waals surface area contributed by atoms with Crippen molar-refractivity contribution in [2.45, 2.75) is 6.18 Å². The molecule has 1 aromatic carbocycles. The first-order chi connectivity index (χ1) is 8.39. The first kappa shape index (κ1) is 12.8. The molecule has 0 spiro atoms. The lowest BCUT2D eigenvalue weighted by molar-refractivity contribution is -0.137. The summed E-state index contributed by atoms with van der Waals surface area (Å²) in [6, 6.07) is 6.02. The highest BCUT2D eigenvalue weighted by Crippen LogP contribution is 2.35. The van der Waals surface area contributed by atoms with Gasteiger partial charge in [0, 0.05) is 5.56 Å². The number of hydrogen-bond acceptors (Lipinski definition) is 2. The van der Waals surface area contributed by atoms with Gasteiger partial charge in [0.05, 0.1) is 11.3 Å². The van der Waals surface area contributed by atoms with Crippen LogP contribution >= 0.6 is 11.6 Å². The molecule has 0 fully saturated rings. The van der Waals surface area contributed by atoms with Gasteiger partial charge in [-0.1, -0.05) is 23.7 Å². The van der Waals surface area contributed by atoms with Gasteiger partial charge in [-0.25, -0.2) is 4.39 Å². The summed E-state index contributed by atoms with van der Waals surface area (Å²) in [5.41, 5.74) is -1.42. The second-order valence-corrected chi connectivity index (χ2v) is 3.77. The summed E-state index contributed by atoms with van der Waals surface area (Å²) in [6.07, 6.45) is -4.66. The first-order valence-corrected chi connectivity index (χ1v) is 5.12. The quantitative estimate of drug-likeness (QED) is 0.737. The van der Waals surface area contributed by atoms with Crippen molar-refractivity contribution in [3.8, 4) is 11.3 Å². The van der Waals surface area contributed by atoms with Crippen LogP contribution in [0, 0.1) is 5.82 Å². The van der Waals surface area contributed by atoms with Crippen molar-refractivity contribution in [3.05, 3.63) is 46.9 Å². The van der Waals surface area contributed by atoms with Crippen LogP contribution in [-0.2, 0) is 6.18 Å². The SMILES string of the molecule is Fc1ccccc1-c1cc(C(F)(F)F)c(Cl)nn1. The number of aromatic nitrogens is 2. The maximum Gasteiger partial charge on any atom is 0.419 e. The summed E-state index contributed by atoms with van der Waals surface area (Å²) in [7, 11) is 0. The van der Waals surface area contributed by atoms with Crippen molar-refractivity contribution in [1.82, 2.24) is 10.2 Å². The molecule has 1 aromatic heterocycles. The molecule has 18 heavy (non-hydrogen) atoms. The van der Waals surface area contributed by atoms with Gasteiger partial charge in [-0.05, 0) is 18.2 Å². The molecule has 0 saturated carbocycles. The second-order valence-electron chi connectivity index (χ2n) is 3.41. The molecule has 0 aliphatic carbocycles. The van der Waals surface area contributed by atoms with E-state index in [1.807, 2.05) is 0 Å². The molecule has 1 heterocycles. The van der Waals surface area contributed by atoms with E-state index < -0.39 is 22.7 Å². The molecule has 0 aliphatic rings. The predicted molar refractivity (Wildman–Crippen MR) is 57.4 cm³/mol. The zero-order valence-electron chi connectivity index (χ0n) is 8.67. The molecule has 0 atom stereocenters. The van der Waals surface area contributed by atoms with E-state index in [9.17, 15) is 17.6 Å². The number of halogens is 5. The fraction of sp³-hybridized carbons (Fsp3) is 0.0909. The van der Waals surface area contributed by atoms with Crippen molar-refractivity contribution in [1.29, 1.82) is 0 Å². The molecule has 2 aromatic rings. The summed E-state index contributed by atoms with van der Waals surface area (Å²) in [5.74, 6) is -0.678. The van der Waals surface area contributed by atoms with Crippen LogP contribution in [0.15, 0.2) is 30.3 Å². The van der Waals surface area contributed by atoms with Crippen molar-refractivity contribution in [2.24, 2.45) is 0 Å². The Kier molecular flexibility index (Phi) is 3.21. The fourth-order valence-electron chi connectivity index (χ4n) is 1.38. The van der Waals surface area contributed by atoms with Gasteiger partial charge in [-0.15, -0.1) is 10.2 Å². The van der Waals surface area contributed by atoms with Crippen LogP contribution in [0.3, 0.4) is 0 Å². The number of benzene rings is 1. The summed E-state index contributed by atoms with van der Waals surface area (Å²) in [5, 5.41) is 5.89. The lowest BCUT2D eigenvalue weighted by Gasteiger charge is -2.09. The van der Waals surface area contributed by atoms with E-state index >= 15 is 0 Å². The topological polar surface area (TPSA) is 25.8 Å². The fourth-order valence-corrected chi connectivity index (χ4v) is 1.58. The predicted octanol–water partition coefficient (Wildman–Crippen LogP) is 3.95. The highest BCUT2D eigenvalue weighted by atomic mass is 35.5. The Morgan fingerprint density at radius 3 is 2.33 bits per heavy atom. The van der Waals surface area contributed by atoms with Gasteiger partial charge < -0.3 is 0 Å². The Bertz CT molecular complexity index is 583. The summed E-state index contributed by atoms with van der Waals surface area (Å²) in [4.78, 5) is 0. The van der Waals surface area contributed by atoms with Crippen LogP contribution in [-0.4, -0.2) is 10.2 Å². The Balaban J connectivity index is 2.58. The van der Waals surface area contributed by atoms with Crippen molar-refractivity contribution in [2.75, 3.05) is 0 Å². The van der Waals surface area contributed by atoms with Gasteiger partial charge >= 0.3 is 6.18 Å². The molecular formula is C11H5ClF4N2. The molecule has 0 N–H and O–H groups in total. The molecule has 0 amide bonds. The van der Waals surface area contributed by atoms with Crippen LogP contribution in [0.4, 0.5) is 17.6 Å². The highest BCUT2D eigenvalue weighted by Gasteiger charge is 2.35. The van der Waals surface area contributed by atoms with Gasteiger partial charge in [0.25, 0.3) is 0 Å². The van der Waals surface area contributed by atoms with Gasteiger partial charge in [0.15, 0.2) is 5.15 Å². The molecule has 0 aliphatic heterocycles. The smallest absolute Gasteiger partial charge is 0.206 e. The van der Waals surface area contributed by atoms with Gasteiger partial charge in [0.1, 0.15) is 5.82 Å². The maximum absolute atomic E-state index is 13.4. The number of nitrogens with zero attached hydrogens (tertiary/aromatic N) is 2. The Hall–Kier alpha value is -1.69.